The lowest BCUT2D eigenvalue weighted by molar-refractivity contribution is -0.806. The number of ether oxygens (including phenoxy) is 1. The van der Waals surface area contributed by atoms with Crippen LogP contribution >= 0.6 is 0 Å². The first kappa shape index (κ1) is 12.0. The van der Waals surface area contributed by atoms with E-state index in [0.717, 1.165) is 0 Å². The Bertz CT molecular complexity index is 588. The maximum absolute atomic E-state index is 11.6. The summed E-state index contributed by atoms with van der Waals surface area (Å²) >= 11 is 0. The van der Waals surface area contributed by atoms with E-state index in [9.17, 15) is 10.0 Å². The Balaban J connectivity index is 2.43. The first-order chi connectivity index (χ1) is 8.56. The molecule has 0 aliphatic carbocycles. The number of carbonyl (C=O) groups excluding carboxylic acids is 1. The van der Waals surface area contributed by atoms with Crippen LogP contribution in [0.3, 0.4) is 0 Å². The fraction of sp³-hybridized carbons (Fsp3) is 0.444. The average molecular weight is 253 g/mol. The SMILES string of the molecule is CCOC(=O)c1nnn(-c2no[n+]([O-])c2C)c1C. The zero-order valence-corrected chi connectivity index (χ0v) is 10.1. The molecule has 0 aliphatic rings. The summed E-state index contributed by atoms with van der Waals surface area (Å²) in [5.74, 6) is -0.386. The molecular formula is C9H11N5O4. The Morgan fingerprint density at radius 2 is 2.28 bits per heavy atom. The van der Waals surface area contributed by atoms with Crippen LogP contribution in [0.25, 0.3) is 5.82 Å². The van der Waals surface area contributed by atoms with E-state index in [2.05, 4.69) is 20.1 Å². The number of carbonyl (C=O) groups is 1. The van der Waals surface area contributed by atoms with Crippen LogP contribution in [0.15, 0.2) is 4.63 Å². The third-order valence-corrected chi connectivity index (χ3v) is 2.36. The van der Waals surface area contributed by atoms with Crippen LogP contribution in [0.4, 0.5) is 0 Å². The topological polar surface area (TPSA) is 110 Å². The van der Waals surface area contributed by atoms with Crippen LogP contribution in [0, 0.1) is 19.1 Å². The van der Waals surface area contributed by atoms with Gasteiger partial charge in [-0.2, -0.15) is 4.68 Å². The van der Waals surface area contributed by atoms with Crippen molar-refractivity contribution in [1.82, 2.24) is 20.2 Å². The van der Waals surface area contributed by atoms with Gasteiger partial charge in [-0.15, -0.1) is 5.10 Å². The summed E-state index contributed by atoms with van der Waals surface area (Å²) < 4.78 is 10.5. The quantitative estimate of drug-likeness (QED) is 0.544. The smallest absolute Gasteiger partial charge is 0.360 e. The van der Waals surface area contributed by atoms with Gasteiger partial charge in [0.2, 0.25) is 5.69 Å². The number of hydrogen-bond acceptors (Lipinski definition) is 7. The minimum atomic E-state index is -0.572. The van der Waals surface area contributed by atoms with Crippen LogP contribution in [0.2, 0.25) is 0 Å². The van der Waals surface area contributed by atoms with E-state index >= 15 is 0 Å². The molecule has 2 aromatic heterocycles. The van der Waals surface area contributed by atoms with Crippen LogP contribution in [0.1, 0.15) is 28.8 Å². The van der Waals surface area contributed by atoms with Crippen LogP contribution in [-0.4, -0.2) is 32.7 Å². The highest BCUT2D eigenvalue weighted by Gasteiger charge is 2.24. The molecule has 0 N–H and O–H groups in total. The van der Waals surface area contributed by atoms with E-state index in [0.29, 0.717) is 5.69 Å². The van der Waals surface area contributed by atoms with Gasteiger partial charge < -0.3 is 9.94 Å². The molecule has 0 spiro atoms. The monoisotopic (exact) mass is 253 g/mol. The molecule has 2 heterocycles. The van der Waals surface area contributed by atoms with Gasteiger partial charge in [0, 0.05) is 6.92 Å². The third kappa shape index (κ3) is 1.79. The summed E-state index contributed by atoms with van der Waals surface area (Å²) in [5.41, 5.74) is 0.723. The maximum Gasteiger partial charge on any atom is 0.360 e. The molecule has 0 amide bonds. The van der Waals surface area contributed by atoms with Gasteiger partial charge in [-0.3, -0.25) is 4.63 Å². The third-order valence-electron chi connectivity index (χ3n) is 2.36. The van der Waals surface area contributed by atoms with Gasteiger partial charge >= 0.3 is 11.8 Å². The molecule has 0 atom stereocenters. The van der Waals surface area contributed by atoms with E-state index in [1.54, 1.807) is 13.8 Å². The number of esters is 1. The average Bonchev–Trinajstić information content (AvgIpc) is 2.85. The number of rotatable bonds is 3. The minimum absolute atomic E-state index is 0.0803. The molecular weight excluding hydrogens is 242 g/mol. The molecule has 0 saturated carbocycles. The first-order valence-electron chi connectivity index (χ1n) is 5.22. The van der Waals surface area contributed by atoms with Crippen molar-refractivity contribution in [1.29, 1.82) is 0 Å². The zero-order chi connectivity index (χ0) is 13.3. The Hall–Kier alpha value is -2.45. The lowest BCUT2D eigenvalue weighted by Crippen LogP contribution is -2.26. The van der Waals surface area contributed by atoms with Gasteiger partial charge in [0.05, 0.1) is 17.5 Å². The van der Waals surface area contributed by atoms with Crippen LogP contribution in [0.5, 0.6) is 0 Å². The van der Waals surface area contributed by atoms with Crippen molar-refractivity contribution in [3.05, 3.63) is 22.3 Å². The van der Waals surface area contributed by atoms with E-state index in [4.69, 9.17) is 4.74 Å². The molecule has 9 heteroatoms. The second-order valence-electron chi connectivity index (χ2n) is 3.49. The summed E-state index contributed by atoms with van der Waals surface area (Å²) in [4.78, 5) is 11.8. The molecule has 0 fully saturated rings. The van der Waals surface area contributed by atoms with Crippen molar-refractivity contribution in [3.8, 4) is 5.82 Å². The van der Waals surface area contributed by atoms with Crippen LogP contribution in [-0.2, 0) is 4.74 Å². The summed E-state index contributed by atoms with van der Waals surface area (Å²) in [6.07, 6.45) is 0. The molecule has 0 bridgehead atoms. The molecule has 0 aromatic carbocycles. The van der Waals surface area contributed by atoms with Crippen LogP contribution < -0.4 is 4.90 Å². The predicted octanol–water partition coefficient (Wildman–Crippen LogP) is -0.318. The van der Waals surface area contributed by atoms with Crippen molar-refractivity contribution < 1.29 is 19.1 Å². The summed E-state index contributed by atoms with van der Waals surface area (Å²) in [7, 11) is 0. The Kier molecular flexibility index (Phi) is 2.96. The fourth-order valence-electron chi connectivity index (χ4n) is 1.40. The second kappa shape index (κ2) is 4.43. The lowest BCUT2D eigenvalue weighted by atomic mass is 10.3. The predicted molar refractivity (Wildman–Crippen MR) is 55.8 cm³/mol. The summed E-state index contributed by atoms with van der Waals surface area (Å²) in [6.45, 7) is 5.08. The largest absolute Gasteiger partial charge is 0.461 e. The van der Waals surface area contributed by atoms with Gasteiger partial charge in [0.15, 0.2) is 5.69 Å². The highest BCUT2D eigenvalue weighted by atomic mass is 16.8. The van der Waals surface area contributed by atoms with Gasteiger partial charge in [-0.25, -0.2) is 4.79 Å². The van der Waals surface area contributed by atoms with Crippen molar-refractivity contribution in [2.24, 2.45) is 0 Å². The maximum atomic E-state index is 11.6. The molecule has 0 radical (unpaired) electrons. The highest BCUT2D eigenvalue weighted by Crippen LogP contribution is 2.12. The highest BCUT2D eigenvalue weighted by molar-refractivity contribution is 5.88. The fourth-order valence-corrected chi connectivity index (χ4v) is 1.40. The number of nitrogens with zero attached hydrogens (tertiary/aromatic N) is 5. The Morgan fingerprint density at radius 1 is 1.56 bits per heavy atom. The van der Waals surface area contributed by atoms with Crippen molar-refractivity contribution in [3.63, 3.8) is 0 Å². The zero-order valence-electron chi connectivity index (χ0n) is 10.1. The molecule has 0 aliphatic heterocycles. The second-order valence-corrected chi connectivity index (χ2v) is 3.49. The molecule has 9 nitrogen and oxygen atoms in total. The van der Waals surface area contributed by atoms with E-state index in [1.807, 2.05) is 0 Å². The molecule has 0 saturated heterocycles. The van der Waals surface area contributed by atoms with E-state index in [1.165, 1.54) is 11.6 Å². The molecule has 2 aromatic rings. The number of aromatic nitrogens is 5. The van der Waals surface area contributed by atoms with Gasteiger partial charge in [0.25, 0.3) is 0 Å². The van der Waals surface area contributed by atoms with Crippen molar-refractivity contribution in [2.45, 2.75) is 20.8 Å². The van der Waals surface area contributed by atoms with Gasteiger partial charge in [-0.05, 0) is 18.8 Å². The van der Waals surface area contributed by atoms with Gasteiger partial charge in [0.1, 0.15) is 0 Å². The van der Waals surface area contributed by atoms with Gasteiger partial charge in [-0.1, -0.05) is 5.21 Å². The minimum Gasteiger partial charge on any atom is -0.461 e. The summed E-state index contributed by atoms with van der Waals surface area (Å²) in [5, 5.41) is 22.1. The lowest BCUT2D eigenvalue weighted by Gasteiger charge is -1.98. The molecule has 0 unspecified atom stereocenters. The van der Waals surface area contributed by atoms with Crippen molar-refractivity contribution in [2.75, 3.05) is 6.61 Å². The van der Waals surface area contributed by atoms with Crippen molar-refractivity contribution >= 4 is 5.97 Å². The normalized spacial score (nSPS) is 10.6. The Labute approximate surface area is 101 Å². The molecule has 96 valence electrons. The standard InChI is InChI=1S/C9H11N5O4/c1-4-17-9(15)7-5(2)13(12-10-7)8-6(3)14(16)18-11-8/h4H2,1-3H3. The molecule has 18 heavy (non-hydrogen) atoms. The van der Waals surface area contributed by atoms with E-state index < -0.39 is 5.97 Å². The van der Waals surface area contributed by atoms with E-state index in [-0.39, 0.29) is 28.7 Å². The molecule has 2 rings (SSSR count). The summed E-state index contributed by atoms with van der Waals surface area (Å²) in [6, 6.07) is 0. The first-order valence-corrected chi connectivity index (χ1v) is 5.22. The Morgan fingerprint density at radius 3 is 2.83 bits per heavy atom. The number of hydrogen-bond donors (Lipinski definition) is 0.